The van der Waals surface area contributed by atoms with E-state index in [2.05, 4.69) is 34.6 Å². The molecule has 1 aromatic rings. The van der Waals surface area contributed by atoms with Crippen LogP contribution in [0.3, 0.4) is 0 Å². The number of hydrogen-bond acceptors (Lipinski definition) is 5. The lowest BCUT2D eigenvalue weighted by molar-refractivity contribution is -0.0594. The van der Waals surface area contributed by atoms with Gasteiger partial charge in [-0.25, -0.2) is 4.99 Å². The number of rotatable bonds is 8. The molecular formula is C18H33IN4O3. The Labute approximate surface area is 173 Å². The maximum Gasteiger partial charge on any atom is 0.191 e. The summed E-state index contributed by atoms with van der Waals surface area (Å²) >= 11 is 0. The molecule has 0 saturated carbocycles. The van der Waals surface area contributed by atoms with Crippen LogP contribution in [0.5, 0.6) is 0 Å². The molecule has 2 rings (SSSR count). The van der Waals surface area contributed by atoms with Gasteiger partial charge >= 0.3 is 0 Å². The topological polar surface area (TPSA) is 91.9 Å². The number of aliphatic imine (C=N–C) groups is 1. The summed E-state index contributed by atoms with van der Waals surface area (Å²) in [6, 6.07) is 2.00. The van der Waals surface area contributed by atoms with E-state index in [9.17, 15) is 5.11 Å². The predicted molar refractivity (Wildman–Crippen MR) is 113 cm³/mol. The second kappa shape index (κ2) is 11.8. The summed E-state index contributed by atoms with van der Waals surface area (Å²) in [4.78, 5) is 4.54. The highest BCUT2D eigenvalue weighted by molar-refractivity contribution is 14.0. The van der Waals surface area contributed by atoms with Crippen LogP contribution in [0.2, 0.25) is 0 Å². The van der Waals surface area contributed by atoms with Crippen LogP contribution >= 0.6 is 24.0 Å². The number of aliphatic hydroxyl groups is 1. The maximum atomic E-state index is 10.5. The molecule has 1 aliphatic rings. The van der Waals surface area contributed by atoms with Gasteiger partial charge in [0, 0.05) is 51.1 Å². The lowest BCUT2D eigenvalue weighted by Crippen LogP contribution is -2.49. The molecule has 0 amide bonds. The molecule has 2 heterocycles. The van der Waals surface area contributed by atoms with E-state index in [-0.39, 0.29) is 24.0 Å². The minimum Gasteiger partial charge on any atom is -0.388 e. The van der Waals surface area contributed by atoms with Gasteiger partial charge in [0.15, 0.2) is 11.7 Å². The standard InChI is InChI=1S/C18H32N4O3.HI/c1-4-14(5-2)16-11-15(25-22-16)12-20-17(19-6-3)21-13-18(23)7-9-24-10-8-18;/h11,14,23H,4-10,12-13H2,1-3H3,(H2,19,20,21);1H. The van der Waals surface area contributed by atoms with Crippen LogP contribution in [-0.4, -0.2) is 48.1 Å². The van der Waals surface area contributed by atoms with Crippen LogP contribution in [-0.2, 0) is 11.3 Å². The van der Waals surface area contributed by atoms with Gasteiger partial charge in [0.2, 0.25) is 0 Å². The molecule has 0 unspecified atom stereocenters. The molecule has 1 saturated heterocycles. The van der Waals surface area contributed by atoms with E-state index < -0.39 is 5.60 Å². The SMILES string of the molecule is CCNC(=NCc1cc(C(CC)CC)no1)NCC1(O)CCOCC1.I. The summed E-state index contributed by atoms with van der Waals surface area (Å²) in [6.45, 7) is 9.17. The Morgan fingerprint density at radius 2 is 1.96 bits per heavy atom. The van der Waals surface area contributed by atoms with Crippen molar-refractivity contribution in [2.75, 3.05) is 26.3 Å². The van der Waals surface area contributed by atoms with E-state index in [0.29, 0.717) is 51.0 Å². The summed E-state index contributed by atoms with van der Waals surface area (Å²) in [6.07, 6.45) is 3.39. The van der Waals surface area contributed by atoms with Gasteiger partial charge in [-0.1, -0.05) is 19.0 Å². The maximum absolute atomic E-state index is 10.5. The Balaban J connectivity index is 0.00000338. The van der Waals surface area contributed by atoms with Crippen LogP contribution in [0.1, 0.15) is 63.8 Å². The second-order valence-electron chi connectivity index (χ2n) is 6.62. The quantitative estimate of drug-likeness (QED) is 0.301. The molecule has 8 heteroatoms. The molecule has 150 valence electrons. The number of hydrogen-bond donors (Lipinski definition) is 3. The van der Waals surface area contributed by atoms with Gasteiger partial charge in [0.05, 0.1) is 11.3 Å². The third kappa shape index (κ3) is 7.03. The normalized spacial score (nSPS) is 17.0. The first-order valence-electron chi connectivity index (χ1n) is 9.38. The molecule has 1 fully saturated rings. The van der Waals surface area contributed by atoms with Gasteiger partial charge < -0.3 is 25.0 Å². The van der Waals surface area contributed by atoms with E-state index in [1.807, 2.05) is 13.0 Å². The molecule has 1 aromatic heterocycles. The molecular weight excluding hydrogens is 447 g/mol. The monoisotopic (exact) mass is 480 g/mol. The fourth-order valence-electron chi connectivity index (χ4n) is 2.98. The molecule has 1 aliphatic heterocycles. The Kier molecular flexibility index (Phi) is 10.5. The molecule has 0 atom stereocenters. The first-order chi connectivity index (χ1) is 12.1. The third-order valence-electron chi connectivity index (χ3n) is 4.73. The lowest BCUT2D eigenvalue weighted by atomic mass is 9.94. The largest absolute Gasteiger partial charge is 0.388 e. The van der Waals surface area contributed by atoms with Gasteiger partial charge in [0.1, 0.15) is 6.54 Å². The predicted octanol–water partition coefficient (Wildman–Crippen LogP) is 2.79. The lowest BCUT2D eigenvalue weighted by Gasteiger charge is -2.32. The zero-order chi connectivity index (χ0) is 18.1. The molecule has 7 nitrogen and oxygen atoms in total. The smallest absolute Gasteiger partial charge is 0.191 e. The summed E-state index contributed by atoms with van der Waals surface area (Å²) < 4.78 is 10.7. The van der Waals surface area contributed by atoms with Crippen LogP contribution in [0, 0.1) is 0 Å². The van der Waals surface area contributed by atoms with E-state index in [1.54, 1.807) is 0 Å². The van der Waals surface area contributed by atoms with Crippen molar-refractivity contribution in [1.29, 1.82) is 0 Å². The summed E-state index contributed by atoms with van der Waals surface area (Å²) in [5.41, 5.74) is 0.272. The Bertz CT molecular complexity index is 540. The van der Waals surface area contributed by atoms with E-state index >= 15 is 0 Å². The molecule has 0 bridgehead atoms. The number of nitrogens with one attached hydrogen (secondary N) is 2. The number of ether oxygens (including phenoxy) is 1. The van der Waals surface area contributed by atoms with Crippen molar-refractivity contribution in [3.63, 3.8) is 0 Å². The zero-order valence-electron chi connectivity index (χ0n) is 16.1. The highest BCUT2D eigenvalue weighted by Gasteiger charge is 2.29. The number of aromatic nitrogens is 1. The summed E-state index contributed by atoms with van der Waals surface area (Å²) in [7, 11) is 0. The molecule has 3 N–H and O–H groups in total. The Morgan fingerprint density at radius 3 is 2.58 bits per heavy atom. The fourth-order valence-corrected chi connectivity index (χ4v) is 2.98. The zero-order valence-corrected chi connectivity index (χ0v) is 18.4. The highest BCUT2D eigenvalue weighted by atomic mass is 127. The van der Waals surface area contributed by atoms with Crippen LogP contribution in [0.15, 0.2) is 15.6 Å². The summed E-state index contributed by atoms with van der Waals surface area (Å²) in [5, 5.41) is 21.1. The van der Waals surface area contributed by atoms with Crippen LogP contribution in [0.4, 0.5) is 0 Å². The molecule has 0 aromatic carbocycles. The molecule has 0 radical (unpaired) electrons. The van der Waals surface area contributed by atoms with E-state index in [1.165, 1.54) is 0 Å². The van der Waals surface area contributed by atoms with Crippen molar-refractivity contribution in [3.05, 3.63) is 17.5 Å². The highest BCUT2D eigenvalue weighted by Crippen LogP contribution is 2.22. The Morgan fingerprint density at radius 1 is 1.27 bits per heavy atom. The first kappa shape index (κ1) is 23.2. The number of halogens is 1. The minimum atomic E-state index is -0.733. The summed E-state index contributed by atoms with van der Waals surface area (Å²) in [5.74, 6) is 1.86. The van der Waals surface area contributed by atoms with Crippen LogP contribution in [0.25, 0.3) is 0 Å². The molecule has 26 heavy (non-hydrogen) atoms. The van der Waals surface area contributed by atoms with Gasteiger partial charge in [-0.05, 0) is 19.8 Å². The van der Waals surface area contributed by atoms with Crippen molar-refractivity contribution in [3.8, 4) is 0 Å². The van der Waals surface area contributed by atoms with Gasteiger partial charge in [-0.3, -0.25) is 0 Å². The number of guanidine groups is 1. The average Bonchev–Trinajstić information content (AvgIpc) is 3.08. The second-order valence-corrected chi connectivity index (χ2v) is 6.62. The van der Waals surface area contributed by atoms with Crippen molar-refractivity contribution in [1.82, 2.24) is 15.8 Å². The van der Waals surface area contributed by atoms with E-state index in [0.717, 1.165) is 30.8 Å². The number of nitrogens with zero attached hydrogens (tertiary/aromatic N) is 2. The van der Waals surface area contributed by atoms with Crippen molar-refractivity contribution < 1.29 is 14.4 Å². The van der Waals surface area contributed by atoms with Gasteiger partial charge in [-0.15, -0.1) is 24.0 Å². The van der Waals surface area contributed by atoms with Crippen molar-refractivity contribution in [2.24, 2.45) is 4.99 Å². The van der Waals surface area contributed by atoms with Crippen molar-refractivity contribution >= 4 is 29.9 Å². The molecule has 0 aliphatic carbocycles. The third-order valence-corrected chi connectivity index (χ3v) is 4.73. The van der Waals surface area contributed by atoms with Crippen molar-refractivity contribution in [2.45, 2.75) is 64.5 Å². The fraction of sp³-hybridized carbons (Fsp3) is 0.778. The van der Waals surface area contributed by atoms with Gasteiger partial charge in [0.25, 0.3) is 0 Å². The minimum absolute atomic E-state index is 0. The average molecular weight is 480 g/mol. The van der Waals surface area contributed by atoms with Gasteiger partial charge in [-0.2, -0.15) is 0 Å². The van der Waals surface area contributed by atoms with E-state index in [4.69, 9.17) is 9.26 Å². The Hall–Kier alpha value is -0.870. The first-order valence-corrected chi connectivity index (χ1v) is 9.38. The molecule has 0 spiro atoms. The van der Waals surface area contributed by atoms with Crippen LogP contribution < -0.4 is 10.6 Å².